The number of aromatic nitrogens is 2. The summed E-state index contributed by atoms with van der Waals surface area (Å²) < 4.78 is 15.9. The molecule has 0 amide bonds. The lowest BCUT2D eigenvalue weighted by Gasteiger charge is -2.20. The summed E-state index contributed by atoms with van der Waals surface area (Å²) in [5.41, 5.74) is 1.72. The normalized spacial score (nSPS) is 11.8. The molecule has 1 N–H and O–H groups in total. The number of hydrogen-bond acceptors (Lipinski definition) is 6. The van der Waals surface area contributed by atoms with Crippen LogP contribution >= 0.6 is 0 Å². The molecule has 0 saturated heterocycles. The van der Waals surface area contributed by atoms with Crippen molar-refractivity contribution in [1.29, 1.82) is 0 Å². The molecule has 1 heterocycles. The first-order valence-electron chi connectivity index (χ1n) is 6.48. The summed E-state index contributed by atoms with van der Waals surface area (Å²) in [6, 6.07) is 7.29. The Morgan fingerprint density at radius 2 is 1.81 bits per heavy atom. The Labute approximate surface area is 124 Å². The van der Waals surface area contributed by atoms with Crippen LogP contribution < -0.4 is 19.5 Å². The monoisotopic (exact) mass is 289 g/mol. The van der Waals surface area contributed by atoms with Gasteiger partial charge in [0.15, 0.2) is 0 Å². The van der Waals surface area contributed by atoms with Crippen molar-refractivity contribution in [2.75, 3.05) is 28.4 Å². The molecule has 6 heteroatoms. The second-order valence-corrected chi connectivity index (χ2v) is 4.31. The zero-order chi connectivity index (χ0) is 15.2. The van der Waals surface area contributed by atoms with E-state index in [1.165, 1.54) is 6.33 Å². The smallest absolute Gasteiger partial charge is 0.216 e. The van der Waals surface area contributed by atoms with Gasteiger partial charge in [-0.05, 0) is 25.2 Å². The maximum Gasteiger partial charge on any atom is 0.216 e. The molecule has 112 valence electrons. The van der Waals surface area contributed by atoms with Gasteiger partial charge < -0.3 is 19.5 Å². The number of nitrogens with one attached hydrogen (secondary N) is 1. The third-order valence-corrected chi connectivity index (χ3v) is 3.20. The summed E-state index contributed by atoms with van der Waals surface area (Å²) in [6.45, 7) is 0. The zero-order valence-corrected chi connectivity index (χ0v) is 12.6. The summed E-state index contributed by atoms with van der Waals surface area (Å²) in [4.78, 5) is 8.34. The number of benzene rings is 1. The molecule has 0 bridgehead atoms. The molecule has 0 saturated carbocycles. The van der Waals surface area contributed by atoms with Crippen molar-refractivity contribution in [3.63, 3.8) is 0 Å². The van der Waals surface area contributed by atoms with Gasteiger partial charge in [-0.15, -0.1) is 0 Å². The van der Waals surface area contributed by atoms with E-state index in [0.717, 1.165) is 22.8 Å². The van der Waals surface area contributed by atoms with Crippen LogP contribution in [0.5, 0.6) is 17.4 Å². The number of nitrogens with zero attached hydrogens (tertiary/aromatic N) is 2. The second-order valence-electron chi connectivity index (χ2n) is 4.31. The molecule has 2 aromatic rings. The van der Waals surface area contributed by atoms with Crippen molar-refractivity contribution in [3.8, 4) is 17.4 Å². The van der Waals surface area contributed by atoms with E-state index < -0.39 is 0 Å². The van der Waals surface area contributed by atoms with Crippen molar-refractivity contribution in [2.45, 2.75) is 6.04 Å². The van der Waals surface area contributed by atoms with Crippen molar-refractivity contribution >= 4 is 0 Å². The van der Waals surface area contributed by atoms with E-state index >= 15 is 0 Å². The quantitative estimate of drug-likeness (QED) is 0.875. The van der Waals surface area contributed by atoms with Crippen molar-refractivity contribution in [3.05, 3.63) is 41.9 Å². The third-order valence-electron chi connectivity index (χ3n) is 3.20. The van der Waals surface area contributed by atoms with E-state index in [2.05, 4.69) is 15.3 Å². The predicted octanol–water partition coefficient (Wildman–Crippen LogP) is 1.81. The summed E-state index contributed by atoms with van der Waals surface area (Å²) in [5, 5.41) is 3.23. The molecule has 0 spiro atoms. The van der Waals surface area contributed by atoms with Gasteiger partial charge in [-0.1, -0.05) is 0 Å². The summed E-state index contributed by atoms with van der Waals surface area (Å²) >= 11 is 0. The van der Waals surface area contributed by atoms with Gasteiger partial charge in [0.25, 0.3) is 0 Å². The Hall–Kier alpha value is -2.34. The van der Waals surface area contributed by atoms with E-state index in [1.807, 2.05) is 25.2 Å². The maximum absolute atomic E-state index is 5.44. The maximum atomic E-state index is 5.44. The van der Waals surface area contributed by atoms with Crippen LogP contribution in [0.25, 0.3) is 0 Å². The molecule has 1 unspecified atom stereocenters. The molecular formula is C15H19N3O3. The Balaban J connectivity index is 2.49. The highest BCUT2D eigenvalue weighted by atomic mass is 16.5. The van der Waals surface area contributed by atoms with Crippen LogP contribution in [0.3, 0.4) is 0 Å². The highest BCUT2D eigenvalue weighted by Crippen LogP contribution is 2.32. The minimum absolute atomic E-state index is 0.160. The van der Waals surface area contributed by atoms with Crippen LogP contribution in [0.1, 0.15) is 17.3 Å². The van der Waals surface area contributed by atoms with Gasteiger partial charge in [-0.25, -0.2) is 9.97 Å². The molecule has 0 fully saturated rings. The average molecular weight is 289 g/mol. The van der Waals surface area contributed by atoms with E-state index in [1.54, 1.807) is 27.4 Å². The highest BCUT2D eigenvalue weighted by molar-refractivity contribution is 5.45. The van der Waals surface area contributed by atoms with E-state index in [0.29, 0.717) is 5.88 Å². The minimum atomic E-state index is -0.160. The van der Waals surface area contributed by atoms with Gasteiger partial charge in [-0.3, -0.25) is 0 Å². The minimum Gasteiger partial charge on any atom is -0.497 e. The first-order chi connectivity index (χ1) is 10.2. The van der Waals surface area contributed by atoms with Crippen LogP contribution in [0.15, 0.2) is 30.6 Å². The topological polar surface area (TPSA) is 65.5 Å². The second kappa shape index (κ2) is 6.90. The fourth-order valence-electron chi connectivity index (χ4n) is 2.15. The van der Waals surface area contributed by atoms with Crippen molar-refractivity contribution in [2.24, 2.45) is 0 Å². The van der Waals surface area contributed by atoms with Gasteiger partial charge in [-0.2, -0.15) is 0 Å². The van der Waals surface area contributed by atoms with Crippen LogP contribution in [-0.2, 0) is 0 Å². The molecule has 1 atom stereocenters. The molecular weight excluding hydrogens is 270 g/mol. The highest BCUT2D eigenvalue weighted by Gasteiger charge is 2.19. The van der Waals surface area contributed by atoms with Gasteiger partial charge in [0, 0.05) is 11.6 Å². The van der Waals surface area contributed by atoms with Crippen LogP contribution in [0.4, 0.5) is 0 Å². The SMILES string of the molecule is CNC(c1cc(OC)ncn1)c1cc(OC)ccc1OC. The summed E-state index contributed by atoms with van der Waals surface area (Å²) in [6.07, 6.45) is 1.48. The largest absolute Gasteiger partial charge is 0.497 e. The number of hydrogen-bond donors (Lipinski definition) is 1. The van der Waals surface area contributed by atoms with Gasteiger partial charge in [0.1, 0.15) is 17.8 Å². The zero-order valence-electron chi connectivity index (χ0n) is 12.6. The van der Waals surface area contributed by atoms with E-state index in [9.17, 15) is 0 Å². The molecule has 6 nitrogen and oxygen atoms in total. The molecule has 2 rings (SSSR count). The lowest BCUT2D eigenvalue weighted by atomic mass is 10.0. The number of ether oxygens (including phenoxy) is 3. The molecule has 0 aliphatic heterocycles. The lowest BCUT2D eigenvalue weighted by Crippen LogP contribution is -2.20. The van der Waals surface area contributed by atoms with Gasteiger partial charge in [0.2, 0.25) is 5.88 Å². The molecule has 21 heavy (non-hydrogen) atoms. The Kier molecular flexibility index (Phi) is 4.94. The fourth-order valence-corrected chi connectivity index (χ4v) is 2.15. The Morgan fingerprint density at radius 3 is 2.43 bits per heavy atom. The van der Waals surface area contributed by atoms with Gasteiger partial charge >= 0.3 is 0 Å². The summed E-state index contributed by atoms with van der Waals surface area (Å²) in [7, 11) is 6.71. The van der Waals surface area contributed by atoms with Crippen LogP contribution in [0.2, 0.25) is 0 Å². The third kappa shape index (κ3) is 3.22. The molecule has 1 aromatic heterocycles. The van der Waals surface area contributed by atoms with Gasteiger partial charge in [0.05, 0.1) is 33.1 Å². The summed E-state index contributed by atoms with van der Waals surface area (Å²) in [5.74, 6) is 2.03. The first-order valence-corrected chi connectivity index (χ1v) is 6.48. The Morgan fingerprint density at radius 1 is 1.00 bits per heavy atom. The number of rotatable bonds is 6. The average Bonchev–Trinajstić information content (AvgIpc) is 2.55. The van der Waals surface area contributed by atoms with E-state index in [4.69, 9.17) is 14.2 Å². The van der Waals surface area contributed by atoms with Crippen molar-refractivity contribution in [1.82, 2.24) is 15.3 Å². The standard InChI is InChI=1S/C15H19N3O3/c1-16-15(12-8-14(21-4)18-9-17-12)11-7-10(19-2)5-6-13(11)20-3/h5-9,15-16H,1-4H3. The first kappa shape index (κ1) is 15.1. The fraction of sp³-hybridized carbons (Fsp3) is 0.333. The molecule has 0 aliphatic rings. The molecule has 1 aromatic carbocycles. The molecule has 0 radical (unpaired) electrons. The van der Waals surface area contributed by atoms with Crippen molar-refractivity contribution < 1.29 is 14.2 Å². The number of methoxy groups -OCH3 is 3. The predicted molar refractivity (Wildman–Crippen MR) is 79.0 cm³/mol. The Bertz CT molecular complexity index is 604. The van der Waals surface area contributed by atoms with E-state index in [-0.39, 0.29) is 6.04 Å². The lowest BCUT2D eigenvalue weighted by molar-refractivity contribution is 0.390. The molecule has 0 aliphatic carbocycles. The van der Waals surface area contributed by atoms with Crippen LogP contribution in [-0.4, -0.2) is 38.3 Å². The van der Waals surface area contributed by atoms with Crippen LogP contribution in [0, 0.1) is 0 Å².